The number of rotatable bonds is 6. The van der Waals surface area contributed by atoms with Crippen LogP contribution in [0.5, 0.6) is 0 Å². The molecule has 0 aromatic rings. The molecule has 2 nitrogen and oxygen atoms in total. The van der Waals surface area contributed by atoms with Crippen molar-refractivity contribution in [3.8, 4) is 0 Å². The van der Waals surface area contributed by atoms with Gasteiger partial charge < -0.3 is 10.4 Å². The highest BCUT2D eigenvalue weighted by Gasteiger charge is 2.26. The summed E-state index contributed by atoms with van der Waals surface area (Å²) in [6.07, 6.45) is 3.09. The molecule has 1 unspecified atom stereocenters. The van der Waals surface area contributed by atoms with Gasteiger partial charge in [0.2, 0.25) is 0 Å². The number of aliphatic hydroxyl groups excluding tert-OH is 1. The second kappa shape index (κ2) is 5.86. The van der Waals surface area contributed by atoms with Gasteiger partial charge in [0, 0.05) is 18.2 Å². The molecule has 0 saturated heterocycles. The molecule has 0 heterocycles. The molecule has 15 heavy (non-hydrogen) atoms. The van der Waals surface area contributed by atoms with Crippen molar-refractivity contribution in [2.24, 2.45) is 5.41 Å². The van der Waals surface area contributed by atoms with E-state index in [1.807, 2.05) is 0 Å². The van der Waals surface area contributed by atoms with Gasteiger partial charge in [0.05, 0.1) is 0 Å². The van der Waals surface area contributed by atoms with Crippen LogP contribution < -0.4 is 5.32 Å². The first-order chi connectivity index (χ1) is 6.66. The molecule has 0 fully saturated rings. The lowest BCUT2D eigenvalue weighted by Crippen LogP contribution is -2.47. The molecule has 0 saturated carbocycles. The van der Waals surface area contributed by atoms with Crippen LogP contribution in [0.4, 0.5) is 0 Å². The summed E-state index contributed by atoms with van der Waals surface area (Å²) in [6.45, 7) is 13.8. The second-order valence-electron chi connectivity index (χ2n) is 6.53. The third-order valence-corrected chi connectivity index (χ3v) is 2.40. The molecule has 0 aliphatic carbocycles. The molecule has 0 bridgehead atoms. The largest absolute Gasteiger partial charge is 0.396 e. The van der Waals surface area contributed by atoms with Crippen molar-refractivity contribution >= 4 is 0 Å². The summed E-state index contributed by atoms with van der Waals surface area (Å²) in [5.41, 5.74) is 0.528. The van der Waals surface area contributed by atoms with Crippen LogP contribution >= 0.6 is 0 Å². The first-order valence-corrected chi connectivity index (χ1v) is 6.05. The van der Waals surface area contributed by atoms with Crippen molar-refractivity contribution in [1.29, 1.82) is 0 Å². The van der Waals surface area contributed by atoms with Gasteiger partial charge in [-0.1, -0.05) is 20.8 Å². The van der Waals surface area contributed by atoms with Crippen LogP contribution in [-0.4, -0.2) is 23.3 Å². The van der Waals surface area contributed by atoms with Crippen molar-refractivity contribution in [2.45, 2.75) is 72.4 Å². The van der Waals surface area contributed by atoms with E-state index in [4.69, 9.17) is 5.11 Å². The minimum absolute atomic E-state index is 0.174. The van der Waals surface area contributed by atoms with Crippen molar-refractivity contribution in [3.05, 3.63) is 0 Å². The van der Waals surface area contributed by atoms with Gasteiger partial charge in [0.25, 0.3) is 0 Å². The lowest BCUT2D eigenvalue weighted by molar-refractivity contribution is 0.214. The van der Waals surface area contributed by atoms with Crippen LogP contribution in [-0.2, 0) is 0 Å². The highest BCUT2D eigenvalue weighted by molar-refractivity contribution is 4.85. The van der Waals surface area contributed by atoms with E-state index in [-0.39, 0.29) is 5.54 Å². The number of aliphatic hydroxyl groups is 1. The van der Waals surface area contributed by atoms with Crippen LogP contribution in [0.25, 0.3) is 0 Å². The molecule has 92 valence electrons. The van der Waals surface area contributed by atoms with Gasteiger partial charge in [-0.25, -0.2) is 0 Å². The second-order valence-corrected chi connectivity index (χ2v) is 6.53. The van der Waals surface area contributed by atoms with Gasteiger partial charge in [-0.2, -0.15) is 0 Å². The molecule has 0 aliphatic rings. The number of nitrogens with one attached hydrogen (secondary N) is 1. The van der Waals surface area contributed by atoms with Gasteiger partial charge in [-0.15, -0.1) is 0 Å². The average molecular weight is 215 g/mol. The van der Waals surface area contributed by atoms with E-state index in [2.05, 4.69) is 46.9 Å². The molecular weight excluding hydrogens is 186 g/mol. The molecule has 0 aliphatic heterocycles. The topological polar surface area (TPSA) is 32.3 Å². The molecule has 0 spiro atoms. The van der Waals surface area contributed by atoms with Crippen LogP contribution in [0.2, 0.25) is 0 Å². The van der Waals surface area contributed by atoms with Crippen LogP contribution in [0.3, 0.4) is 0 Å². The predicted molar refractivity (Wildman–Crippen MR) is 67.1 cm³/mol. The monoisotopic (exact) mass is 215 g/mol. The third kappa shape index (κ3) is 8.88. The zero-order valence-electron chi connectivity index (χ0n) is 11.4. The average Bonchev–Trinajstić information content (AvgIpc) is 1.94. The summed E-state index contributed by atoms with van der Waals surface area (Å²) in [5.74, 6) is 0. The molecular formula is C13H29NO. The smallest absolute Gasteiger partial charge is 0.0431 e. The highest BCUT2D eigenvalue weighted by Crippen LogP contribution is 2.27. The Morgan fingerprint density at radius 2 is 1.67 bits per heavy atom. The van der Waals surface area contributed by atoms with Crippen LogP contribution in [0, 0.1) is 5.41 Å². The minimum atomic E-state index is 0.174. The van der Waals surface area contributed by atoms with E-state index in [0.29, 0.717) is 18.1 Å². The molecule has 0 aromatic carbocycles. The molecule has 2 heteroatoms. The maximum Gasteiger partial charge on any atom is 0.0431 e. The van der Waals surface area contributed by atoms with Gasteiger partial charge in [-0.3, -0.25) is 0 Å². The minimum Gasteiger partial charge on any atom is -0.396 e. The number of hydrogen-bond donors (Lipinski definition) is 2. The normalized spacial score (nSPS) is 15.4. The Hall–Kier alpha value is -0.0800. The summed E-state index contributed by atoms with van der Waals surface area (Å²) in [5, 5.41) is 12.4. The summed E-state index contributed by atoms with van der Waals surface area (Å²) in [4.78, 5) is 0. The van der Waals surface area contributed by atoms with Gasteiger partial charge in [-0.05, 0) is 45.4 Å². The number of hydrogen-bond acceptors (Lipinski definition) is 2. The van der Waals surface area contributed by atoms with Crippen LogP contribution in [0.15, 0.2) is 0 Å². The Labute approximate surface area is 95.5 Å². The lowest BCUT2D eigenvalue weighted by Gasteiger charge is -2.36. The summed E-state index contributed by atoms with van der Waals surface area (Å²) < 4.78 is 0. The lowest BCUT2D eigenvalue weighted by atomic mass is 9.81. The Balaban J connectivity index is 4.01. The van der Waals surface area contributed by atoms with Gasteiger partial charge in [0.15, 0.2) is 0 Å². The standard InChI is InChI=1S/C13H29NO/c1-11(8-7-9-15)14-13(5,6)10-12(2,3)4/h11,14-15H,7-10H2,1-6H3. The van der Waals surface area contributed by atoms with Crippen molar-refractivity contribution < 1.29 is 5.11 Å². The zero-order chi connectivity index (χ0) is 12.1. The Kier molecular flexibility index (Phi) is 5.82. The van der Waals surface area contributed by atoms with E-state index in [0.717, 1.165) is 19.3 Å². The first kappa shape index (κ1) is 14.9. The third-order valence-electron chi connectivity index (χ3n) is 2.40. The fourth-order valence-electron chi connectivity index (χ4n) is 2.51. The van der Waals surface area contributed by atoms with E-state index < -0.39 is 0 Å². The fraction of sp³-hybridized carbons (Fsp3) is 1.00. The molecule has 0 radical (unpaired) electrons. The summed E-state index contributed by atoms with van der Waals surface area (Å²) >= 11 is 0. The van der Waals surface area contributed by atoms with E-state index in [1.165, 1.54) is 0 Å². The summed E-state index contributed by atoms with van der Waals surface area (Å²) in [6, 6.07) is 0.481. The van der Waals surface area contributed by atoms with Gasteiger partial charge in [0.1, 0.15) is 0 Å². The van der Waals surface area contributed by atoms with E-state index >= 15 is 0 Å². The molecule has 0 rings (SSSR count). The van der Waals surface area contributed by atoms with E-state index in [9.17, 15) is 0 Å². The van der Waals surface area contributed by atoms with Crippen LogP contribution in [0.1, 0.15) is 60.8 Å². The SMILES string of the molecule is CC(CCCO)NC(C)(C)CC(C)(C)C. The zero-order valence-corrected chi connectivity index (χ0v) is 11.4. The molecule has 0 amide bonds. The van der Waals surface area contributed by atoms with E-state index in [1.54, 1.807) is 0 Å². The van der Waals surface area contributed by atoms with Crippen molar-refractivity contribution in [3.63, 3.8) is 0 Å². The maximum absolute atomic E-state index is 8.77. The fourth-order valence-corrected chi connectivity index (χ4v) is 2.51. The quantitative estimate of drug-likeness (QED) is 0.714. The highest BCUT2D eigenvalue weighted by atomic mass is 16.2. The summed E-state index contributed by atoms with van der Waals surface area (Å²) in [7, 11) is 0. The molecule has 0 aromatic heterocycles. The molecule has 2 N–H and O–H groups in total. The Morgan fingerprint density at radius 1 is 1.13 bits per heavy atom. The first-order valence-electron chi connectivity index (χ1n) is 6.05. The Bertz CT molecular complexity index is 170. The maximum atomic E-state index is 8.77. The van der Waals surface area contributed by atoms with Crippen molar-refractivity contribution in [2.75, 3.05) is 6.61 Å². The Morgan fingerprint density at radius 3 is 2.07 bits per heavy atom. The molecule has 1 atom stereocenters. The predicted octanol–water partition coefficient (Wildman–Crippen LogP) is 2.95. The van der Waals surface area contributed by atoms with Gasteiger partial charge >= 0.3 is 0 Å². The van der Waals surface area contributed by atoms with Crippen molar-refractivity contribution in [1.82, 2.24) is 5.32 Å².